The van der Waals surface area contributed by atoms with E-state index in [0.717, 1.165) is 4.90 Å². The number of rotatable bonds is 6. The van der Waals surface area contributed by atoms with E-state index in [2.05, 4.69) is 15.3 Å². The Hall–Kier alpha value is -2.35. The van der Waals surface area contributed by atoms with Crippen molar-refractivity contribution in [1.29, 1.82) is 0 Å². The van der Waals surface area contributed by atoms with Crippen molar-refractivity contribution < 1.29 is 9.66 Å². The Morgan fingerprint density at radius 2 is 2.24 bits per heavy atom. The zero-order chi connectivity index (χ0) is 15.2. The molecule has 1 heterocycles. The zero-order valence-electron chi connectivity index (χ0n) is 11.6. The normalized spacial score (nSPS) is 10.2. The Balaban J connectivity index is 2.38. The Morgan fingerprint density at radius 3 is 2.90 bits per heavy atom. The van der Waals surface area contributed by atoms with Gasteiger partial charge in [-0.1, -0.05) is 17.8 Å². The first-order valence-corrected chi connectivity index (χ1v) is 7.02. The van der Waals surface area contributed by atoms with Crippen LogP contribution in [0, 0.1) is 10.1 Å². The maximum absolute atomic E-state index is 11.3. The molecule has 2 aromatic rings. The quantitative estimate of drug-likeness (QED) is 0.498. The lowest BCUT2D eigenvalue weighted by atomic mass is 10.3. The summed E-state index contributed by atoms with van der Waals surface area (Å²) in [7, 11) is 1.57. The molecule has 0 aliphatic carbocycles. The van der Waals surface area contributed by atoms with Gasteiger partial charge in [0, 0.05) is 11.4 Å². The van der Waals surface area contributed by atoms with Crippen molar-refractivity contribution in [3.8, 4) is 5.75 Å². The van der Waals surface area contributed by atoms with Crippen LogP contribution in [0.5, 0.6) is 5.75 Å². The zero-order valence-corrected chi connectivity index (χ0v) is 12.4. The third-order valence-corrected chi connectivity index (χ3v) is 3.55. The summed E-state index contributed by atoms with van der Waals surface area (Å²) in [5.41, 5.74) is -0.118. The highest BCUT2D eigenvalue weighted by molar-refractivity contribution is 7.99. The fourth-order valence-electron chi connectivity index (χ4n) is 1.67. The molecule has 0 bridgehead atoms. The van der Waals surface area contributed by atoms with E-state index >= 15 is 0 Å². The molecule has 1 N–H and O–H groups in total. The minimum atomic E-state index is -0.472. The Labute approximate surface area is 125 Å². The predicted molar refractivity (Wildman–Crippen MR) is 80.0 cm³/mol. The van der Waals surface area contributed by atoms with Gasteiger partial charge in [0.15, 0.2) is 5.03 Å². The summed E-state index contributed by atoms with van der Waals surface area (Å²) in [6.07, 6.45) is 1.31. The van der Waals surface area contributed by atoms with E-state index in [1.807, 2.05) is 25.1 Å². The van der Waals surface area contributed by atoms with Crippen LogP contribution in [0.3, 0.4) is 0 Å². The second kappa shape index (κ2) is 6.89. The van der Waals surface area contributed by atoms with Crippen molar-refractivity contribution in [1.82, 2.24) is 9.97 Å². The van der Waals surface area contributed by atoms with E-state index in [1.165, 1.54) is 18.1 Å². The summed E-state index contributed by atoms with van der Waals surface area (Å²) in [4.78, 5) is 19.6. The molecule has 0 fully saturated rings. The highest BCUT2D eigenvalue weighted by Gasteiger charge is 2.23. The van der Waals surface area contributed by atoms with E-state index in [0.29, 0.717) is 17.3 Å². The molecule has 1 aromatic carbocycles. The molecule has 0 atom stereocenters. The number of hydrogen-bond donors (Lipinski definition) is 1. The van der Waals surface area contributed by atoms with Gasteiger partial charge in [0.25, 0.3) is 0 Å². The SMILES string of the molecule is CCNc1ncnc(Sc2cccc(OC)c2)c1[N+](=O)[O-]. The lowest BCUT2D eigenvalue weighted by Gasteiger charge is -2.07. The van der Waals surface area contributed by atoms with Crippen molar-refractivity contribution in [3.05, 3.63) is 40.7 Å². The van der Waals surface area contributed by atoms with Crippen LogP contribution in [-0.2, 0) is 0 Å². The first-order valence-electron chi connectivity index (χ1n) is 6.21. The van der Waals surface area contributed by atoms with Gasteiger partial charge < -0.3 is 10.1 Å². The maximum atomic E-state index is 11.3. The van der Waals surface area contributed by atoms with Crippen LogP contribution in [0.1, 0.15) is 6.92 Å². The number of nitro groups is 1. The molecule has 1 aromatic heterocycles. The third kappa shape index (κ3) is 3.60. The molecule has 0 unspecified atom stereocenters. The van der Waals surface area contributed by atoms with Gasteiger partial charge in [-0.2, -0.15) is 0 Å². The molecule has 0 spiro atoms. The number of benzene rings is 1. The molecular weight excluding hydrogens is 292 g/mol. The molecular formula is C13H14N4O3S. The highest BCUT2D eigenvalue weighted by Crippen LogP contribution is 2.37. The van der Waals surface area contributed by atoms with Crippen molar-refractivity contribution in [2.75, 3.05) is 19.0 Å². The summed E-state index contributed by atoms with van der Waals surface area (Å²) in [6.45, 7) is 2.39. The summed E-state index contributed by atoms with van der Waals surface area (Å²) >= 11 is 1.20. The minimum Gasteiger partial charge on any atom is -0.497 e. The van der Waals surface area contributed by atoms with E-state index in [-0.39, 0.29) is 11.5 Å². The predicted octanol–water partition coefficient (Wildman–Crippen LogP) is 2.98. The molecule has 0 aliphatic heterocycles. The molecule has 0 saturated carbocycles. The van der Waals surface area contributed by atoms with Gasteiger partial charge in [-0.3, -0.25) is 10.1 Å². The monoisotopic (exact) mass is 306 g/mol. The Kier molecular flexibility index (Phi) is 4.94. The summed E-state index contributed by atoms with van der Waals surface area (Å²) in [5, 5.41) is 14.4. The maximum Gasteiger partial charge on any atom is 0.343 e. The third-order valence-electron chi connectivity index (χ3n) is 2.57. The number of nitrogens with zero attached hydrogens (tertiary/aromatic N) is 3. The standard InChI is InChI=1S/C13H14N4O3S/c1-3-14-12-11(17(18)19)13(16-8-15-12)21-10-6-4-5-9(7-10)20-2/h4-8H,3H2,1-2H3,(H,14,15,16). The number of ether oxygens (including phenoxy) is 1. The van der Waals surface area contributed by atoms with E-state index in [1.54, 1.807) is 13.2 Å². The van der Waals surface area contributed by atoms with Crippen LogP contribution >= 0.6 is 11.8 Å². The fourth-order valence-corrected chi connectivity index (χ4v) is 2.59. The summed E-state index contributed by atoms with van der Waals surface area (Å²) in [6, 6.07) is 7.26. The number of hydrogen-bond acceptors (Lipinski definition) is 7. The van der Waals surface area contributed by atoms with Gasteiger partial charge in [0.05, 0.1) is 12.0 Å². The Morgan fingerprint density at radius 1 is 1.43 bits per heavy atom. The van der Waals surface area contributed by atoms with Gasteiger partial charge in [0.2, 0.25) is 5.82 Å². The number of methoxy groups -OCH3 is 1. The van der Waals surface area contributed by atoms with Gasteiger partial charge in [-0.15, -0.1) is 0 Å². The van der Waals surface area contributed by atoms with E-state index in [4.69, 9.17) is 4.74 Å². The van der Waals surface area contributed by atoms with Crippen LogP contribution in [0.25, 0.3) is 0 Å². The molecule has 21 heavy (non-hydrogen) atoms. The minimum absolute atomic E-state index is 0.118. The number of anilines is 1. The lowest BCUT2D eigenvalue weighted by molar-refractivity contribution is -0.387. The van der Waals surface area contributed by atoms with Crippen LogP contribution < -0.4 is 10.1 Å². The fraction of sp³-hybridized carbons (Fsp3) is 0.231. The molecule has 110 valence electrons. The van der Waals surface area contributed by atoms with E-state index in [9.17, 15) is 10.1 Å². The van der Waals surface area contributed by atoms with Gasteiger partial charge in [-0.05, 0) is 25.1 Å². The lowest BCUT2D eigenvalue weighted by Crippen LogP contribution is -2.05. The largest absolute Gasteiger partial charge is 0.497 e. The molecule has 0 saturated heterocycles. The second-order valence-corrected chi connectivity index (χ2v) is 5.01. The second-order valence-electron chi connectivity index (χ2n) is 3.94. The molecule has 8 heteroatoms. The number of nitrogens with one attached hydrogen (secondary N) is 1. The van der Waals surface area contributed by atoms with Gasteiger partial charge in [0.1, 0.15) is 12.1 Å². The summed E-state index contributed by atoms with van der Waals surface area (Å²) in [5.74, 6) is 0.909. The van der Waals surface area contributed by atoms with Gasteiger partial charge >= 0.3 is 5.69 Å². The summed E-state index contributed by atoms with van der Waals surface area (Å²) < 4.78 is 5.14. The first kappa shape index (κ1) is 15.0. The van der Waals surface area contributed by atoms with Crippen LogP contribution in [0.2, 0.25) is 0 Å². The molecule has 0 amide bonds. The molecule has 2 rings (SSSR count). The average Bonchev–Trinajstić information content (AvgIpc) is 2.47. The van der Waals surface area contributed by atoms with Crippen LogP contribution in [0.15, 0.2) is 40.5 Å². The molecule has 7 nitrogen and oxygen atoms in total. The van der Waals surface area contributed by atoms with Crippen molar-refractivity contribution >= 4 is 23.3 Å². The molecule has 0 radical (unpaired) electrons. The van der Waals surface area contributed by atoms with Crippen molar-refractivity contribution in [3.63, 3.8) is 0 Å². The first-order chi connectivity index (χ1) is 10.2. The topological polar surface area (TPSA) is 90.2 Å². The number of aromatic nitrogens is 2. The average molecular weight is 306 g/mol. The van der Waals surface area contributed by atoms with E-state index < -0.39 is 4.92 Å². The van der Waals surface area contributed by atoms with Gasteiger partial charge in [-0.25, -0.2) is 9.97 Å². The van der Waals surface area contributed by atoms with Crippen molar-refractivity contribution in [2.24, 2.45) is 0 Å². The smallest absolute Gasteiger partial charge is 0.343 e. The van der Waals surface area contributed by atoms with Crippen LogP contribution in [-0.4, -0.2) is 28.5 Å². The van der Waals surface area contributed by atoms with Crippen LogP contribution in [0.4, 0.5) is 11.5 Å². The van der Waals surface area contributed by atoms with Crippen molar-refractivity contribution in [2.45, 2.75) is 16.8 Å². The molecule has 0 aliphatic rings. The Bertz CT molecular complexity index is 651. The highest BCUT2D eigenvalue weighted by atomic mass is 32.2.